The summed E-state index contributed by atoms with van der Waals surface area (Å²) in [5.41, 5.74) is 2.57. The second-order valence-corrected chi connectivity index (χ2v) is 3.57. The van der Waals surface area contributed by atoms with Gasteiger partial charge in [-0.15, -0.1) is 0 Å². The van der Waals surface area contributed by atoms with Crippen LogP contribution in [-0.2, 0) is 6.42 Å². The SMILES string of the molecule is CCc1ccc(Br)c(OC)c1C. The predicted molar refractivity (Wildman–Crippen MR) is 54.8 cm³/mol. The van der Waals surface area contributed by atoms with Crippen LogP contribution in [0.25, 0.3) is 0 Å². The second-order valence-electron chi connectivity index (χ2n) is 2.72. The Morgan fingerprint density at radius 1 is 1.42 bits per heavy atom. The first kappa shape index (κ1) is 9.59. The molecule has 1 aromatic rings. The molecule has 0 heterocycles. The Balaban J connectivity index is 3.24. The van der Waals surface area contributed by atoms with Crippen LogP contribution in [0.2, 0.25) is 0 Å². The summed E-state index contributed by atoms with van der Waals surface area (Å²) in [5.74, 6) is 0.953. The van der Waals surface area contributed by atoms with Crippen molar-refractivity contribution in [3.8, 4) is 5.75 Å². The molecule has 0 unspecified atom stereocenters. The van der Waals surface area contributed by atoms with Gasteiger partial charge in [-0.2, -0.15) is 0 Å². The average molecular weight is 229 g/mol. The molecule has 0 radical (unpaired) electrons. The highest BCUT2D eigenvalue weighted by molar-refractivity contribution is 9.10. The summed E-state index contributed by atoms with van der Waals surface area (Å²) in [6.45, 7) is 4.23. The Labute approximate surface area is 81.9 Å². The number of methoxy groups -OCH3 is 1. The van der Waals surface area contributed by atoms with Gasteiger partial charge in [0.1, 0.15) is 5.75 Å². The molecule has 1 aromatic carbocycles. The molecule has 0 N–H and O–H groups in total. The third-order valence-corrected chi connectivity index (χ3v) is 2.68. The predicted octanol–water partition coefficient (Wildman–Crippen LogP) is 3.33. The molecule has 0 aliphatic rings. The van der Waals surface area contributed by atoms with Crippen LogP contribution >= 0.6 is 15.9 Å². The van der Waals surface area contributed by atoms with E-state index >= 15 is 0 Å². The highest BCUT2D eigenvalue weighted by Gasteiger charge is 2.06. The summed E-state index contributed by atoms with van der Waals surface area (Å²) in [6, 6.07) is 4.16. The lowest BCUT2D eigenvalue weighted by molar-refractivity contribution is 0.408. The number of benzene rings is 1. The zero-order chi connectivity index (χ0) is 9.14. The first-order valence-electron chi connectivity index (χ1n) is 4.02. The minimum atomic E-state index is 0.953. The molecule has 12 heavy (non-hydrogen) atoms. The van der Waals surface area contributed by atoms with E-state index in [9.17, 15) is 0 Å². The Bertz CT molecular complexity index is 281. The molecule has 0 aliphatic carbocycles. The Morgan fingerprint density at radius 2 is 2.08 bits per heavy atom. The molecule has 0 amide bonds. The molecule has 1 rings (SSSR count). The van der Waals surface area contributed by atoms with E-state index in [4.69, 9.17) is 4.74 Å². The minimum Gasteiger partial charge on any atom is -0.495 e. The summed E-state index contributed by atoms with van der Waals surface area (Å²) in [6.07, 6.45) is 1.05. The number of hydrogen-bond acceptors (Lipinski definition) is 1. The molecule has 0 spiro atoms. The fraction of sp³-hybridized carbons (Fsp3) is 0.400. The lowest BCUT2D eigenvalue weighted by Crippen LogP contribution is -1.93. The van der Waals surface area contributed by atoms with Gasteiger partial charge in [0.2, 0.25) is 0 Å². The number of rotatable bonds is 2. The van der Waals surface area contributed by atoms with Gasteiger partial charge in [0.05, 0.1) is 11.6 Å². The van der Waals surface area contributed by atoms with Crippen LogP contribution in [0.15, 0.2) is 16.6 Å². The molecular weight excluding hydrogens is 216 g/mol. The lowest BCUT2D eigenvalue weighted by atomic mass is 10.1. The maximum absolute atomic E-state index is 5.27. The lowest BCUT2D eigenvalue weighted by Gasteiger charge is -2.10. The summed E-state index contributed by atoms with van der Waals surface area (Å²) in [4.78, 5) is 0. The highest BCUT2D eigenvalue weighted by Crippen LogP contribution is 2.30. The van der Waals surface area contributed by atoms with Crippen LogP contribution in [0.5, 0.6) is 5.75 Å². The largest absolute Gasteiger partial charge is 0.495 e. The molecule has 0 fully saturated rings. The van der Waals surface area contributed by atoms with Gasteiger partial charge in [0, 0.05) is 0 Å². The minimum absolute atomic E-state index is 0.953. The van der Waals surface area contributed by atoms with E-state index in [0.29, 0.717) is 0 Å². The van der Waals surface area contributed by atoms with Crippen molar-refractivity contribution < 1.29 is 4.74 Å². The van der Waals surface area contributed by atoms with Crippen LogP contribution in [0.3, 0.4) is 0 Å². The first-order chi connectivity index (χ1) is 5.70. The van der Waals surface area contributed by atoms with Crippen LogP contribution in [0.1, 0.15) is 18.1 Å². The third-order valence-electron chi connectivity index (χ3n) is 2.06. The number of halogens is 1. The molecule has 0 aliphatic heterocycles. The van der Waals surface area contributed by atoms with Crippen molar-refractivity contribution in [1.82, 2.24) is 0 Å². The normalized spacial score (nSPS) is 10.0. The van der Waals surface area contributed by atoms with Crippen LogP contribution < -0.4 is 4.74 Å². The molecule has 0 atom stereocenters. The molecule has 0 saturated carbocycles. The van der Waals surface area contributed by atoms with Crippen LogP contribution in [0, 0.1) is 6.92 Å². The fourth-order valence-electron chi connectivity index (χ4n) is 1.33. The number of aryl methyl sites for hydroxylation is 1. The number of ether oxygens (including phenoxy) is 1. The van der Waals surface area contributed by atoms with Gasteiger partial charge in [-0.1, -0.05) is 13.0 Å². The molecule has 0 aromatic heterocycles. The van der Waals surface area contributed by atoms with Crippen molar-refractivity contribution in [1.29, 1.82) is 0 Å². The standard InChI is InChI=1S/C10H13BrO/c1-4-8-5-6-9(11)10(12-3)7(8)2/h5-6H,4H2,1-3H3. The summed E-state index contributed by atoms with van der Waals surface area (Å²) in [7, 11) is 1.70. The van der Waals surface area contributed by atoms with Crippen molar-refractivity contribution in [2.45, 2.75) is 20.3 Å². The molecule has 1 nitrogen and oxygen atoms in total. The van der Waals surface area contributed by atoms with Crippen LogP contribution in [0.4, 0.5) is 0 Å². The van der Waals surface area contributed by atoms with E-state index in [1.165, 1.54) is 11.1 Å². The molecule has 0 bridgehead atoms. The summed E-state index contributed by atoms with van der Waals surface area (Å²) < 4.78 is 6.30. The van der Waals surface area contributed by atoms with Crippen molar-refractivity contribution in [2.24, 2.45) is 0 Å². The smallest absolute Gasteiger partial charge is 0.136 e. The van der Waals surface area contributed by atoms with E-state index in [0.717, 1.165) is 16.6 Å². The van der Waals surface area contributed by atoms with Crippen molar-refractivity contribution >= 4 is 15.9 Å². The Hall–Kier alpha value is -0.500. The topological polar surface area (TPSA) is 9.23 Å². The van der Waals surface area contributed by atoms with Gasteiger partial charge in [-0.25, -0.2) is 0 Å². The van der Waals surface area contributed by atoms with Crippen molar-refractivity contribution in [3.63, 3.8) is 0 Å². The van der Waals surface area contributed by atoms with Crippen molar-refractivity contribution in [2.75, 3.05) is 7.11 Å². The van der Waals surface area contributed by atoms with Gasteiger partial charge < -0.3 is 4.74 Å². The van der Waals surface area contributed by atoms with E-state index in [1.807, 2.05) is 6.07 Å². The molecule has 66 valence electrons. The van der Waals surface area contributed by atoms with E-state index in [-0.39, 0.29) is 0 Å². The maximum atomic E-state index is 5.27. The van der Waals surface area contributed by atoms with Gasteiger partial charge in [0.25, 0.3) is 0 Å². The monoisotopic (exact) mass is 228 g/mol. The molecule has 0 saturated heterocycles. The van der Waals surface area contributed by atoms with E-state index in [2.05, 4.69) is 35.8 Å². The van der Waals surface area contributed by atoms with Gasteiger partial charge in [0.15, 0.2) is 0 Å². The summed E-state index contributed by atoms with van der Waals surface area (Å²) >= 11 is 3.45. The maximum Gasteiger partial charge on any atom is 0.136 e. The molecular formula is C10H13BrO. The number of hydrogen-bond donors (Lipinski definition) is 0. The zero-order valence-corrected chi connectivity index (χ0v) is 9.23. The van der Waals surface area contributed by atoms with Gasteiger partial charge >= 0.3 is 0 Å². The van der Waals surface area contributed by atoms with Crippen LogP contribution in [-0.4, -0.2) is 7.11 Å². The highest BCUT2D eigenvalue weighted by atomic mass is 79.9. The quantitative estimate of drug-likeness (QED) is 0.755. The van der Waals surface area contributed by atoms with E-state index < -0.39 is 0 Å². The summed E-state index contributed by atoms with van der Waals surface area (Å²) in [5, 5.41) is 0. The van der Waals surface area contributed by atoms with Gasteiger partial charge in [-0.05, 0) is 46.5 Å². The Kier molecular flexibility index (Phi) is 3.15. The average Bonchev–Trinajstić information content (AvgIpc) is 2.06. The Morgan fingerprint density at radius 3 is 2.58 bits per heavy atom. The van der Waals surface area contributed by atoms with E-state index in [1.54, 1.807) is 7.11 Å². The third kappa shape index (κ3) is 1.63. The van der Waals surface area contributed by atoms with Gasteiger partial charge in [-0.3, -0.25) is 0 Å². The first-order valence-corrected chi connectivity index (χ1v) is 4.82. The van der Waals surface area contributed by atoms with Crippen molar-refractivity contribution in [3.05, 3.63) is 27.7 Å². The fourth-order valence-corrected chi connectivity index (χ4v) is 1.92. The second kappa shape index (κ2) is 3.94. The molecule has 2 heteroatoms. The zero-order valence-electron chi connectivity index (χ0n) is 7.65.